The molecule has 0 aromatic heterocycles. The number of aliphatic hydroxyl groups excluding tert-OH is 1. The minimum Gasteiger partial charge on any atom is -0.394 e. The van der Waals surface area contributed by atoms with Crippen LogP contribution in [0.25, 0.3) is 0 Å². The second kappa shape index (κ2) is 5.95. The van der Waals surface area contributed by atoms with Crippen LogP contribution in [0.2, 0.25) is 0 Å². The second-order valence-electron chi connectivity index (χ2n) is 4.23. The fourth-order valence-corrected chi connectivity index (χ4v) is 2.04. The Morgan fingerprint density at radius 2 is 2.22 bits per heavy atom. The number of rotatable bonds is 4. The van der Waals surface area contributed by atoms with Gasteiger partial charge in [-0.3, -0.25) is 4.79 Å². The van der Waals surface area contributed by atoms with E-state index in [0.29, 0.717) is 12.0 Å². The summed E-state index contributed by atoms with van der Waals surface area (Å²) in [6.07, 6.45) is -0.237. The first-order chi connectivity index (χ1) is 8.74. The zero-order valence-electron chi connectivity index (χ0n) is 10.2. The van der Waals surface area contributed by atoms with E-state index in [1.165, 1.54) is 7.11 Å². The molecule has 1 aromatic rings. The van der Waals surface area contributed by atoms with Gasteiger partial charge in [0.1, 0.15) is 0 Å². The zero-order chi connectivity index (χ0) is 13.0. The monoisotopic (exact) mass is 251 g/mol. The van der Waals surface area contributed by atoms with E-state index in [0.717, 1.165) is 0 Å². The van der Waals surface area contributed by atoms with E-state index in [9.17, 15) is 4.79 Å². The molecule has 0 aliphatic carbocycles. The Morgan fingerprint density at radius 3 is 2.83 bits per heavy atom. The van der Waals surface area contributed by atoms with Crippen molar-refractivity contribution in [1.29, 1.82) is 0 Å². The summed E-state index contributed by atoms with van der Waals surface area (Å²) in [6, 6.07) is 8.73. The number of carbonyl (C=O) groups is 1. The van der Waals surface area contributed by atoms with Crippen molar-refractivity contribution in [3.63, 3.8) is 0 Å². The van der Waals surface area contributed by atoms with Crippen molar-refractivity contribution in [2.24, 2.45) is 0 Å². The predicted molar refractivity (Wildman–Crippen MR) is 65.1 cm³/mol. The first kappa shape index (κ1) is 13.0. The van der Waals surface area contributed by atoms with E-state index < -0.39 is 6.29 Å². The number of amides is 1. The predicted octanol–water partition coefficient (Wildman–Crippen LogP) is 0.539. The van der Waals surface area contributed by atoms with Gasteiger partial charge in [0, 0.05) is 19.1 Å². The van der Waals surface area contributed by atoms with E-state index >= 15 is 0 Å². The zero-order valence-corrected chi connectivity index (χ0v) is 10.2. The van der Waals surface area contributed by atoms with Gasteiger partial charge in [-0.05, 0) is 12.1 Å². The maximum atomic E-state index is 12.0. The molecule has 1 heterocycles. The summed E-state index contributed by atoms with van der Waals surface area (Å²) in [6.45, 7) is -0.0719. The Labute approximate surface area is 106 Å². The van der Waals surface area contributed by atoms with Crippen LogP contribution in [0.3, 0.4) is 0 Å². The number of benzene rings is 1. The van der Waals surface area contributed by atoms with Crippen LogP contribution in [-0.2, 0) is 9.47 Å². The largest absolute Gasteiger partial charge is 0.394 e. The number of hydrogen-bond acceptors (Lipinski definition) is 4. The van der Waals surface area contributed by atoms with Gasteiger partial charge in [0.15, 0.2) is 6.29 Å². The summed E-state index contributed by atoms with van der Waals surface area (Å²) in [7, 11) is 1.52. The molecule has 5 heteroatoms. The SMILES string of the molecule is CO[C@@H]1O[C@H](CO)C[C@H]1NC(=O)c1ccccc1. The number of aliphatic hydroxyl groups is 1. The Morgan fingerprint density at radius 1 is 1.50 bits per heavy atom. The number of ether oxygens (including phenoxy) is 2. The molecule has 1 aliphatic rings. The van der Waals surface area contributed by atoms with E-state index in [4.69, 9.17) is 14.6 Å². The first-order valence-electron chi connectivity index (χ1n) is 5.89. The highest BCUT2D eigenvalue weighted by Crippen LogP contribution is 2.21. The van der Waals surface area contributed by atoms with Crippen LogP contribution in [-0.4, -0.2) is 43.2 Å². The Bertz CT molecular complexity index is 395. The maximum absolute atomic E-state index is 12.0. The lowest BCUT2D eigenvalue weighted by Gasteiger charge is -2.18. The van der Waals surface area contributed by atoms with Crippen molar-refractivity contribution in [1.82, 2.24) is 5.32 Å². The third kappa shape index (κ3) is 2.87. The van der Waals surface area contributed by atoms with Crippen LogP contribution in [0, 0.1) is 0 Å². The highest BCUT2D eigenvalue weighted by Gasteiger charge is 2.36. The van der Waals surface area contributed by atoms with E-state index in [2.05, 4.69) is 5.32 Å². The maximum Gasteiger partial charge on any atom is 0.251 e. The lowest BCUT2D eigenvalue weighted by Crippen LogP contribution is -2.41. The molecule has 98 valence electrons. The molecule has 0 spiro atoms. The minimum atomic E-state index is -0.505. The van der Waals surface area contributed by atoms with Crippen LogP contribution in [0.4, 0.5) is 0 Å². The normalized spacial score (nSPS) is 27.1. The van der Waals surface area contributed by atoms with Gasteiger partial charge in [-0.1, -0.05) is 18.2 Å². The number of nitrogens with one attached hydrogen (secondary N) is 1. The lowest BCUT2D eigenvalue weighted by atomic mass is 10.1. The van der Waals surface area contributed by atoms with Crippen molar-refractivity contribution in [3.05, 3.63) is 35.9 Å². The van der Waals surface area contributed by atoms with Gasteiger partial charge < -0.3 is 19.9 Å². The third-order valence-electron chi connectivity index (χ3n) is 2.96. The Balaban J connectivity index is 1.98. The summed E-state index contributed by atoms with van der Waals surface area (Å²) in [5.41, 5.74) is 0.597. The van der Waals surface area contributed by atoms with Gasteiger partial charge in [-0.2, -0.15) is 0 Å². The first-order valence-corrected chi connectivity index (χ1v) is 5.89. The molecule has 5 nitrogen and oxygen atoms in total. The van der Waals surface area contributed by atoms with Crippen molar-refractivity contribution in [3.8, 4) is 0 Å². The molecule has 0 bridgehead atoms. The third-order valence-corrected chi connectivity index (χ3v) is 2.96. The number of hydrogen-bond donors (Lipinski definition) is 2. The second-order valence-corrected chi connectivity index (χ2v) is 4.23. The molecule has 3 atom stereocenters. The van der Waals surface area contributed by atoms with Gasteiger partial charge in [0.25, 0.3) is 5.91 Å². The van der Waals surface area contributed by atoms with Crippen molar-refractivity contribution in [2.45, 2.75) is 24.9 Å². The molecule has 0 radical (unpaired) electrons. The number of methoxy groups -OCH3 is 1. The number of carbonyl (C=O) groups excluding carboxylic acids is 1. The molecule has 0 saturated carbocycles. The topological polar surface area (TPSA) is 67.8 Å². The van der Waals surface area contributed by atoms with Crippen LogP contribution in [0.1, 0.15) is 16.8 Å². The van der Waals surface area contributed by atoms with Crippen LogP contribution < -0.4 is 5.32 Å². The molecule has 2 N–H and O–H groups in total. The van der Waals surface area contributed by atoms with Crippen molar-refractivity contribution in [2.75, 3.05) is 13.7 Å². The summed E-state index contributed by atoms with van der Waals surface area (Å²) >= 11 is 0. The summed E-state index contributed by atoms with van der Waals surface area (Å²) in [5, 5.41) is 11.9. The van der Waals surface area contributed by atoms with Crippen molar-refractivity contribution >= 4 is 5.91 Å². The highest BCUT2D eigenvalue weighted by atomic mass is 16.7. The Kier molecular flexibility index (Phi) is 4.30. The molecule has 1 aliphatic heterocycles. The molecule has 1 aromatic carbocycles. The molecule has 1 amide bonds. The van der Waals surface area contributed by atoms with Gasteiger partial charge in [0.05, 0.1) is 18.8 Å². The average molecular weight is 251 g/mol. The highest BCUT2D eigenvalue weighted by molar-refractivity contribution is 5.94. The van der Waals surface area contributed by atoms with Crippen LogP contribution in [0.5, 0.6) is 0 Å². The summed E-state index contributed by atoms with van der Waals surface area (Å²) in [5.74, 6) is -0.162. The Hall–Kier alpha value is -1.43. The molecule has 18 heavy (non-hydrogen) atoms. The van der Waals surface area contributed by atoms with Crippen LogP contribution >= 0.6 is 0 Å². The van der Waals surface area contributed by atoms with Crippen LogP contribution in [0.15, 0.2) is 30.3 Å². The van der Waals surface area contributed by atoms with Crippen molar-refractivity contribution < 1.29 is 19.4 Å². The summed E-state index contributed by atoms with van der Waals surface area (Å²) < 4.78 is 10.6. The lowest BCUT2D eigenvalue weighted by molar-refractivity contribution is -0.129. The van der Waals surface area contributed by atoms with Gasteiger partial charge in [0.2, 0.25) is 0 Å². The fraction of sp³-hybridized carbons (Fsp3) is 0.462. The molecular weight excluding hydrogens is 234 g/mol. The summed E-state index contributed by atoms with van der Waals surface area (Å²) in [4.78, 5) is 12.0. The standard InChI is InChI=1S/C13H17NO4/c1-17-13-11(7-10(8-15)18-13)14-12(16)9-5-3-2-4-6-9/h2-6,10-11,13,15H,7-8H2,1H3,(H,14,16)/t10-,11+,13+/m0/s1. The quantitative estimate of drug-likeness (QED) is 0.819. The van der Waals surface area contributed by atoms with E-state index in [-0.39, 0.29) is 24.7 Å². The average Bonchev–Trinajstić information content (AvgIpc) is 2.82. The smallest absolute Gasteiger partial charge is 0.251 e. The molecule has 2 rings (SSSR count). The minimum absolute atomic E-state index is 0.0719. The van der Waals surface area contributed by atoms with Gasteiger partial charge in [-0.15, -0.1) is 0 Å². The molecule has 0 unspecified atom stereocenters. The van der Waals surface area contributed by atoms with Gasteiger partial charge >= 0.3 is 0 Å². The van der Waals surface area contributed by atoms with E-state index in [1.807, 2.05) is 18.2 Å². The molecular formula is C13H17NO4. The van der Waals surface area contributed by atoms with Gasteiger partial charge in [-0.25, -0.2) is 0 Å². The fourth-order valence-electron chi connectivity index (χ4n) is 2.04. The molecule has 1 fully saturated rings. The van der Waals surface area contributed by atoms with E-state index in [1.54, 1.807) is 12.1 Å². The molecule has 1 saturated heterocycles.